The van der Waals surface area contributed by atoms with E-state index in [4.69, 9.17) is 41.9 Å². The number of hydrogen-bond acceptors (Lipinski definition) is 16. The lowest BCUT2D eigenvalue weighted by Crippen LogP contribution is -2.69. The molecule has 1 saturated carbocycles. The fourth-order valence-corrected chi connectivity index (χ4v) is 5.24. The van der Waals surface area contributed by atoms with Crippen LogP contribution in [0.15, 0.2) is 0 Å². The van der Waals surface area contributed by atoms with Gasteiger partial charge in [-0.1, -0.05) is 0 Å². The van der Waals surface area contributed by atoms with Crippen molar-refractivity contribution in [2.45, 2.75) is 131 Å². The number of hydrogen-bond donors (Lipinski definition) is 12. The van der Waals surface area contributed by atoms with Crippen molar-refractivity contribution in [2.75, 3.05) is 6.54 Å². The van der Waals surface area contributed by atoms with Gasteiger partial charge in [0.1, 0.15) is 61.0 Å². The predicted molar refractivity (Wildman–Crippen MR) is 135 cm³/mol. The minimum atomic E-state index is -1.58. The first-order valence-electron chi connectivity index (χ1n) is 13.3. The molecule has 0 aromatic heterocycles. The van der Waals surface area contributed by atoms with Gasteiger partial charge >= 0.3 is 0 Å². The molecule has 0 aromatic rings. The summed E-state index contributed by atoms with van der Waals surface area (Å²) in [6, 6.07) is -4.07. The van der Waals surface area contributed by atoms with E-state index >= 15 is 0 Å². The van der Waals surface area contributed by atoms with E-state index in [1.54, 1.807) is 6.92 Å². The van der Waals surface area contributed by atoms with Crippen LogP contribution in [0.3, 0.4) is 0 Å². The van der Waals surface area contributed by atoms with Crippen LogP contribution < -0.4 is 28.3 Å². The van der Waals surface area contributed by atoms with Gasteiger partial charge in [-0.2, -0.15) is 0 Å². The van der Waals surface area contributed by atoms with E-state index in [0.717, 1.165) is 0 Å². The Morgan fingerprint density at radius 1 is 0.900 bits per heavy atom. The first-order chi connectivity index (χ1) is 18.7. The maximum atomic E-state index is 12.5. The highest BCUT2D eigenvalue weighted by atomic mass is 16.7. The molecule has 17 heteroatoms. The highest BCUT2D eigenvalue weighted by Gasteiger charge is 2.53. The number of carbonyl (C=O) groups excluding carboxylic acids is 1. The van der Waals surface area contributed by atoms with Crippen molar-refractivity contribution in [1.82, 2.24) is 5.32 Å². The molecule has 0 bridgehead atoms. The van der Waals surface area contributed by atoms with Crippen molar-refractivity contribution in [2.24, 2.45) is 22.9 Å². The van der Waals surface area contributed by atoms with Gasteiger partial charge in [0.15, 0.2) is 12.6 Å². The lowest BCUT2D eigenvalue weighted by atomic mass is 9.83. The first-order valence-corrected chi connectivity index (χ1v) is 13.3. The second-order valence-corrected chi connectivity index (χ2v) is 10.9. The van der Waals surface area contributed by atoms with Crippen molar-refractivity contribution in [1.29, 1.82) is 0 Å². The summed E-state index contributed by atoms with van der Waals surface area (Å²) in [6.45, 7) is 2.93. The number of aliphatic hydroxyl groups is 7. The summed E-state index contributed by atoms with van der Waals surface area (Å²) >= 11 is 0. The fraction of sp³-hybridized carbons (Fsp3) is 0.957. The molecule has 17 atom stereocenters. The molecule has 40 heavy (non-hydrogen) atoms. The summed E-state index contributed by atoms with van der Waals surface area (Å²) in [5, 5.41) is 75.4. The summed E-state index contributed by atoms with van der Waals surface area (Å²) in [5.74, 6) is -0.807. The maximum absolute atomic E-state index is 12.5. The number of ether oxygens (including phenoxy) is 4. The molecule has 1 amide bonds. The Bertz CT molecular complexity index is 829. The Hall–Kier alpha value is -1.13. The lowest BCUT2D eigenvalue weighted by molar-refractivity contribution is -0.315. The average molecular weight is 584 g/mol. The summed E-state index contributed by atoms with van der Waals surface area (Å²) in [4.78, 5) is 12.5. The number of aliphatic hydroxyl groups excluding tert-OH is 7. The molecule has 2 heterocycles. The number of nitrogens with one attached hydrogen (secondary N) is 1. The summed E-state index contributed by atoms with van der Waals surface area (Å²) in [6.07, 6.45) is -18.4. The van der Waals surface area contributed by atoms with E-state index in [1.165, 1.54) is 6.92 Å². The normalized spacial score (nSPS) is 46.5. The van der Waals surface area contributed by atoms with Crippen molar-refractivity contribution < 1.29 is 59.5 Å². The lowest BCUT2D eigenvalue weighted by Gasteiger charge is -2.48. The van der Waals surface area contributed by atoms with Crippen molar-refractivity contribution in [3.05, 3.63) is 0 Å². The summed E-state index contributed by atoms with van der Waals surface area (Å²) < 4.78 is 23.1. The molecule has 0 aromatic carbocycles. The molecule has 0 radical (unpaired) electrons. The number of carbonyl (C=O) groups is 1. The van der Waals surface area contributed by atoms with Crippen molar-refractivity contribution in [3.63, 3.8) is 0 Å². The molecule has 16 N–H and O–H groups in total. The van der Waals surface area contributed by atoms with E-state index in [-0.39, 0.29) is 19.4 Å². The molecule has 0 unspecified atom stereocenters. The van der Waals surface area contributed by atoms with Gasteiger partial charge in [-0.3, -0.25) is 4.79 Å². The molecule has 17 nitrogen and oxygen atoms in total. The molecule has 2 saturated heterocycles. The third-order valence-corrected chi connectivity index (χ3v) is 7.61. The molecule has 234 valence electrons. The van der Waals surface area contributed by atoms with E-state index in [1.807, 2.05) is 0 Å². The Labute approximate surface area is 231 Å². The maximum Gasteiger partial charge on any atom is 0.249 e. The monoisotopic (exact) mass is 583 g/mol. The quantitative estimate of drug-likeness (QED) is 0.114. The fourth-order valence-electron chi connectivity index (χ4n) is 5.24. The molecular weight excluding hydrogens is 538 g/mol. The molecule has 1 aliphatic carbocycles. The topological polar surface area (TPSA) is 312 Å². The van der Waals surface area contributed by atoms with Gasteiger partial charge in [0.25, 0.3) is 0 Å². The minimum absolute atomic E-state index is 0.0272. The van der Waals surface area contributed by atoms with Crippen LogP contribution in [0.5, 0.6) is 0 Å². The number of nitrogens with two attached hydrogens (primary N) is 4. The second-order valence-electron chi connectivity index (χ2n) is 10.9. The molecule has 0 spiro atoms. The van der Waals surface area contributed by atoms with E-state index in [9.17, 15) is 40.5 Å². The van der Waals surface area contributed by atoms with Crippen LogP contribution in [-0.2, 0) is 23.7 Å². The van der Waals surface area contributed by atoms with E-state index < -0.39 is 110 Å². The summed E-state index contributed by atoms with van der Waals surface area (Å²) in [5.41, 5.74) is 23.7. The predicted octanol–water partition coefficient (Wildman–Crippen LogP) is -7.01. The largest absolute Gasteiger partial charge is 0.391 e. The van der Waals surface area contributed by atoms with Crippen LogP contribution in [0.25, 0.3) is 0 Å². The van der Waals surface area contributed by atoms with Crippen molar-refractivity contribution in [3.8, 4) is 0 Å². The highest BCUT2D eigenvalue weighted by Crippen LogP contribution is 2.33. The van der Waals surface area contributed by atoms with Crippen LogP contribution in [-0.4, -0.2) is 152 Å². The minimum Gasteiger partial charge on any atom is -0.391 e. The Morgan fingerprint density at radius 2 is 1.48 bits per heavy atom. The zero-order valence-corrected chi connectivity index (χ0v) is 22.4. The van der Waals surface area contributed by atoms with Gasteiger partial charge in [0.2, 0.25) is 5.91 Å². The van der Waals surface area contributed by atoms with Crippen LogP contribution >= 0.6 is 0 Å². The molecule has 2 aliphatic heterocycles. The van der Waals surface area contributed by atoms with E-state index in [2.05, 4.69) is 5.32 Å². The zero-order chi connectivity index (χ0) is 30.0. The zero-order valence-electron chi connectivity index (χ0n) is 22.4. The Morgan fingerprint density at radius 3 is 2.02 bits per heavy atom. The summed E-state index contributed by atoms with van der Waals surface area (Å²) in [7, 11) is 0. The van der Waals surface area contributed by atoms with Crippen molar-refractivity contribution >= 4 is 5.91 Å². The molecular formula is C23H45N5O12. The molecule has 3 rings (SSSR count). The SMILES string of the molecule is C[C@@H](N)[C@H]1O[C@@H](O[C@@H]2[C@@H](O)[C@H](NC(=O)[C@@H](O)CCN)C[C@H](N)[C@H]2O[C@H]2O[C@H]([C@@H](C)O)[C@@H](O)[C@H](O)[C@H]2N)[C@H](O)[C@@H]1O. The first kappa shape index (κ1) is 33.4. The van der Waals surface area contributed by atoms with Gasteiger partial charge in [0.05, 0.1) is 18.2 Å². The van der Waals surface area contributed by atoms with Gasteiger partial charge in [-0.15, -0.1) is 0 Å². The van der Waals surface area contributed by atoms with Crippen LogP contribution in [0.4, 0.5) is 0 Å². The third-order valence-electron chi connectivity index (χ3n) is 7.61. The number of amides is 1. The van der Waals surface area contributed by atoms with Crippen LogP contribution in [0.2, 0.25) is 0 Å². The molecule has 3 aliphatic rings. The Kier molecular flexibility index (Phi) is 11.6. The third kappa shape index (κ3) is 7.08. The van der Waals surface area contributed by atoms with E-state index in [0.29, 0.717) is 0 Å². The smallest absolute Gasteiger partial charge is 0.249 e. The van der Waals surface area contributed by atoms with Gasteiger partial charge in [0, 0.05) is 12.1 Å². The highest BCUT2D eigenvalue weighted by molar-refractivity contribution is 5.80. The van der Waals surface area contributed by atoms with Crippen LogP contribution in [0, 0.1) is 0 Å². The Balaban J connectivity index is 1.86. The van der Waals surface area contributed by atoms with Gasteiger partial charge in [-0.25, -0.2) is 0 Å². The van der Waals surface area contributed by atoms with Gasteiger partial charge < -0.3 is 82.9 Å². The number of rotatable bonds is 10. The second kappa shape index (κ2) is 13.9. The average Bonchev–Trinajstić information content (AvgIpc) is 3.17. The van der Waals surface area contributed by atoms with Gasteiger partial charge in [-0.05, 0) is 33.2 Å². The van der Waals surface area contributed by atoms with Crippen LogP contribution in [0.1, 0.15) is 26.7 Å². The standard InChI is InChI=1S/C23H45N5O12/c1-6(25)17-15(34)16(35)23(37-17)40-20-12(31)9(28-21(36)10(30)3-4-24)5-8(26)19(20)39-22-11(27)13(32)14(33)18(38-22)7(2)29/h6-20,22-23,29-35H,3-5,24-27H2,1-2H3,(H,28,36)/t6-,7-,8+,9-,10+,11-,12+,13-,14+,15+,16-,17-,18-,19-,20-,22-,23+/m1/s1. The molecule has 3 fully saturated rings.